The van der Waals surface area contributed by atoms with Gasteiger partial charge in [0.2, 0.25) is 5.91 Å². The molecule has 6 saturated carbocycles. The Hall–Kier alpha value is -1.65. The number of hydrogen-bond acceptors (Lipinski definition) is 5. The van der Waals surface area contributed by atoms with Crippen LogP contribution in [0.2, 0.25) is 0 Å². The highest BCUT2D eigenvalue weighted by molar-refractivity contribution is 5.85. The molecule has 7 aliphatic rings. The highest BCUT2D eigenvalue weighted by Gasteiger charge is 2.72. The van der Waals surface area contributed by atoms with Crippen LogP contribution >= 0.6 is 0 Å². The molecule has 0 radical (unpaired) electrons. The number of hydrogen-bond donors (Lipinski definition) is 3. The van der Waals surface area contributed by atoms with Crippen LogP contribution in [0.3, 0.4) is 0 Å². The zero-order valence-electron chi connectivity index (χ0n) is 16.7. The van der Waals surface area contributed by atoms with Crippen molar-refractivity contribution in [1.29, 1.82) is 5.26 Å². The van der Waals surface area contributed by atoms with Crippen LogP contribution in [0.1, 0.15) is 57.8 Å². The van der Waals surface area contributed by atoms with E-state index in [1.807, 2.05) is 4.90 Å². The summed E-state index contributed by atoms with van der Waals surface area (Å²) in [6, 6.07) is 1.62. The molecule has 7 fully saturated rings. The fraction of sp³-hybridized carbons (Fsp3) is 0.864. The standard InChI is InChI=1S/C22H30N4O3/c23-9-14-2-13-3-15(13)26(14)18(27)17(24)21-6-11-1-12(7-21)5-20(4-11,10-21)16-8-22(16,25)19(28)29/h11-17H,1-8,10,24-25H2,(H,28,29)/t11-,12?,13?,14-,15?,16?,17+,20?,21?,22?/m0/s1. The van der Waals surface area contributed by atoms with Crippen molar-refractivity contribution in [2.75, 3.05) is 0 Å². The molecule has 0 aromatic rings. The van der Waals surface area contributed by atoms with Gasteiger partial charge in [0, 0.05) is 6.04 Å². The van der Waals surface area contributed by atoms with E-state index in [0.717, 1.165) is 44.9 Å². The third kappa shape index (κ3) is 2.25. The summed E-state index contributed by atoms with van der Waals surface area (Å²) in [5.41, 5.74) is 11.6. The van der Waals surface area contributed by atoms with Crippen LogP contribution in [0.25, 0.3) is 0 Å². The van der Waals surface area contributed by atoms with Crippen molar-refractivity contribution in [3.63, 3.8) is 0 Å². The topological polar surface area (TPSA) is 133 Å². The van der Waals surface area contributed by atoms with E-state index in [9.17, 15) is 20.0 Å². The van der Waals surface area contributed by atoms with Crippen LogP contribution in [-0.2, 0) is 9.59 Å². The summed E-state index contributed by atoms with van der Waals surface area (Å²) in [6.45, 7) is 0. The third-order valence-corrected chi connectivity index (χ3v) is 9.73. The number of fused-ring (bicyclic) bond motifs is 1. The van der Waals surface area contributed by atoms with Gasteiger partial charge in [-0.2, -0.15) is 5.26 Å². The molecular weight excluding hydrogens is 368 g/mol. The first kappa shape index (κ1) is 18.1. The van der Waals surface area contributed by atoms with E-state index in [2.05, 4.69) is 6.07 Å². The summed E-state index contributed by atoms with van der Waals surface area (Å²) >= 11 is 0. The normalized spacial score (nSPS) is 54.6. The van der Waals surface area contributed by atoms with Crippen molar-refractivity contribution in [2.24, 2.45) is 46.0 Å². The number of nitriles is 1. The Morgan fingerprint density at radius 2 is 1.79 bits per heavy atom. The average Bonchev–Trinajstić information content (AvgIpc) is 3.55. The molecule has 7 heteroatoms. The maximum Gasteiger partial charge on any atom is 0.323 e. The van der Waals surface area contributed by atoms with E-state index in [4.69, 9.17) is 11.5 Å². The van der Waals surface area contributed by atoms with E-state index in [1.54, 1.807) is 0 Å². The second-order valence-corrected chi connectivity index (χ2v) is 11.5. The number of carbonyl (C=O) groups is 2. The Bertz CT molecular complexity index is 837. The molecule has 0 aromatic carbocycles. The van der Waals surface area contributed by atoms with Crippen molar-refractivity contribution in [2.45, 2.75) is 81.5 Å². The highest BCUT2D eigenvalue weighted by atomic mass is 16.4. The van der Waals surface area contributed by atoms with Gasteiger partial charge in [0.05, 0.1) is 12.1 Å². The van der Waals surface area contributed by atoms with Crippen molar-refractivity contribution >= 4 is 11.9 Å². The molecule has 7 unspecified atom stereocenters. The number of likely N-dealkylation sites (tertiary alicyclic amines) is 1. The summed E-state index contributed by atoms with van der Waals surface area (Å²) in [6.07, 6.45) is 8.37. The molecule has 1 heterocycles. The van der Waals surface area contributed by atoms with Gasteiger partial charge < -0.3 is 21.5 Å². The smallest absolute Gasteiger partial charge is 0.323 e. The molecule has 7 rings (SSSR count). The molecule has 1 aliphatic heterocycles. The minimum absolute atomic E-state index is 0.00605. The fourth-order valence-corrected chi connectivity index (χ4v) is 8.77. The predicted octanol–water partition coefficient (Wildman–Crippen LogP) is 1.22. The highest BCUT2D eigenvalue weighted by Crippen LogP contribution is 2.73. The van der Waals surface area contributed by atoms with Gasteiger partial charge in [-0.3, -0.25) is 9.59 Å². The lowest BCUT2D eigenvalue weighted by molar-refractivity contribution is -0.160. The lowest BCUT2D eigenvalue weighted by atomic mass is 9.41. The minimum atomic E-state index is -1.09. The number of carboxylic acid groups (broad SMARTS) is 1. The second-order valence-electron chi connectivity index (χ2n) is 11.5. The van der Waals surface area contributed by atoms with E-state index in [0.29, 0.717) is 24.2 Å². The number of amides is 1. The Kier molecular flexibility index (Phi) is 3.34. The summed E-state index contributed by atoms with van der Waals surface area (Å²) < 4.78 is 0. The van der Waals surface area contributed by atoms with Gasteiger partial charge in [-0.15, -0.1) is 0 Å². The lowest BCUT2D eigenvalue weighted by Gasteiger charge is -2.64. The number of aliphatic carboxylic acids is 1. The Balaban J connectivity index is 1.30. The number of nitrogens with two attached hydrogens (primary N) is 2. The Morgan fingerprint density at radius 1 is 1.10 bits per heavy atom. The summed E-state index contributed by atoms with van der Waals surface area (Å²) in [7, 11) is 0. The largest absolute Gasteiger partial charge is 0.480 e. The first-order chi connectivity index (χ1) is 13.7. The van der Waals surface area contributed by atoms with Gasteiger partial charge in [-0.25, -0.2) is 0 Å². The summed E-state index contributed by atoms with van der Waals surface area (Å²) in [5.74, 6) is 0.610. The number of rotatable bonds is 4. The third-order valence-electron chi connectivity index (χ3n) is 9.73. The average molecular weight is 399 g/mol. The van der Waals surface area contributed by atoms with Gasteiger partial charge in [-0.05, 0) is 92.3 Å². The van der Waals surface area contributed by atoms with E-state index < -0.39 is 17.6 Å². The van der Waals surface area contributed by atoms with E-state index >= 15 is 0 Å². The molecule has 5 N–H and O–H groups in total. The molecule has 29 heavy (non-hydrogen) atoms. The summed E-state index contributed by atoms with van der Waals surface area (Å²) in [5, 5.41) is 19.2. The zero-order chi connectivity index (χ0) is 20.3. The van der Waals surface area contributed by atoms with Crippen LogP contribution < -0.4 is 11.5 Å². The van der Waals surface area contributed by atoms with Gasteiger partial charge in [0.15, 0.2) is 0 Å². The van der Waals surface area contributed by atoms with Crippen molar-refractivity contribution < 1.29 is 14.7 Å². The van der Waals surface area contributed by atoms with Gasteiger partial charge in [0.25, 0.3) is 0 Å². The second kappa shape index (κ2) is 5.33. The Morgan fingerprint density at radius 3 is 2.38 bits per heavy atom. The minimum Gasteiger partial charge on any atom is -0.480 e. The van der Waals surface area contributed by atoms with Crippen LogP contribution in [0.4, 0.5) is 0 Å². The molecule has 6 aliphatic carbocycles. The zero-order valence-corrected chi connectivity index (χ0v) is 16.7. The van der Waals surface area contributed by atoms with Gasteiger partial charge >= 0.3 is 5.97 Å². The first-order valence-electron chi connectivity index (χ1n) is 11.2. The molecular formula is C22H30N4O3. The fourth-order valence-electron chi connectivity index (χ4n) is 8.77. The van der Waals surface area contributed by atoms with Crippen molar-refractivity contribution in [1.82, 2.24) is 4.90 Å². The Labute approximate surface area is 170 Å². The molecule has 0 spiro atoms. The van der Waals surface area contributed by atoms with Crippen molar-refractivity contribution in [3.8, 4) is 6.07 Å². The number of nitrogens with zero attached hydrogens (tertiary/aromatic N) is 2. The number of carboxylic acids is 1. The number of piperidine rings is 1. The monoisotopic (exact) mass is 398 g/mol. The molecule has 1 amide bonds. The van der Waals surface area contributed by atoms with E-state index in [1.165, 1.54) is 6.42 Å². The summed E-state index contributed by atoms with van der Waals surface area (Å²) in [4.78, 5) is 27.1. The first-order valence-corrected chi connectivity index (χ1v) is 11.2. The van der Waals surface area contributed by atoms with E-state index in [-0.39, 0.29) is 34.7 Å². The van der Waals surface area contributed by atoms with Crippen molar-refractivity contribution in [3.05, 3.63) is 0 Å². The molecule has 10 atom stereocenters. The van der Waals surface area contributed by atoms with Crippen LogP contribution in [-0.4, -0.2) is 45.5 Å². The SMILES string of the molecule is N#C[C@@H]1CC2CC2N1C(=O)[C@@H](N)C12CC3C[C@@H](CC(C4CC4(N)C(=O)O)(C3)C1)C2. The maximum absolute atomic E-state index is 13.5. The van der Waals surface area contributed by atoms with Gasteiger partial charge in [0.1, 0.15) is 11.6 Å². The van der Waals surface area contributed by atoms with Crippen LogP contribution in [0.5, 0.6) is 0 Å². The molecule has 1 saturated heterocycles. The molecule has 0 aromatic heterocycles. The van der Waals surface area contributed by atoms with Crippen LogP contribution in [0, 0.1) is 45.8 Å². The molecule has 7 nitrogen and oxygen atoms in total. The lowest BCUT2D eigenvalue weighted by Crippen LogP contribution is -2.64. The molecule has 156 valence electrons. The van der Waals surface area contributed by atoms with Gasteiger partial charge in [-0.1, -0.05) is 0 Å². The quantitative estimate of drug-likeness (QED) is 0.652. The predicted molar refractivity (Wildman–Crippen MR) is 103 cm³/mol. The molecule has 4 bridgehead atoms. The maximum atomic E-state index is 13.5. The number of carbonyl (C=O) groups excluding carboxylic acids is 1. The van der Waals surface area contributed by atoms with Crippen LogP contribution in [0.15, 0.2) is 0 Å².